The number of likely N-dealkylation sites (N-methyl/N-ethyl adjacent to an activating group) is 1. The van der Waals surface area contributed by atoms with E-state index in [1.165, 1.54) is 321 Å². The van der Waals surface area contributed by atoms with E-state index in [1.807, 2.05) is 21.1 Å². The minimum absolute atomic E-state index is 0.0287. The molecular formula is C88H164NO8P. The Kier molecular flexibility index (Phi) is 76.5. The molecule has 0 aromatic rings. The van der Waals surface area contributed by atoms with Gasteiger partial charge in [-0.15, -0.1) is 0 Å². The first-order valence-electron chi connectivity index (χ1n) is 42.6. The van der Waals surface area contributed by atoms with Crippen molar-refractivity contribution < 1.29 is 42.1 Å². The molecule has 0 aliphatic heterocycles. The summed E-state index contributed by atoms with van der Waals surface area (Å²) < 4.78 is 34.5. The minimum Gasteiger partial charge on any atom is -0.756 e. The molecule has 0 spiro atoms. The van der Waals surface area contributed by atoms with Crippen LogP contribution in [0, 0.1) is 0 Å². The normalized spacial score (nSPS) is 13.3. The lowest BCUT2D eigenvalue weighted by atomic mass is 10.0. The van der Waals surface area contributed by atoms with Crippen LogP contribution in [0.2, 0.25) is 0 Å². The molecule has 0 aliphatic rings. The van der Waals surface area contributed by atoms with Crippen LogP contribution in [0.3, 0.4) is 0 Å². The van der Waals surface area contributed by atoms with Gasteiger partial charge in [0.2, 0.25) is 0 Å². The second-order valence-electron chi connectivity index (χ2n) is 30.2. The van der Waals surface area contributed by atoms with Gasteiger partial charge >= 0.3 is 11.9 Å². The predicted octanol–water partition coefficient (Wildman–Crippen LogP) is 28.0. The van der Waals surface area contributed by atoms with E-state index in [0.717, 1.165) is 70.6 Å². The maximum atomic E-state index is 12.9. The molecule has 0 rings (SSSR count). The van der Waals surface area contributed by atoms with Crippen molar-refractivity contribution in [2.24, 2.45) is 0 Å². The van der Waals surface area contributed by atoms with Crippen molar-refractivity contribution in [1.29, 1.82) is 0 Å². The third-order valence-electron chi connectivity index (χ3n) is 19.2. The molecule has 0 aliphatic carbocycles. The van der Waals surface area contributed by atoms with Gasteiger partial charge < -0.3 is 27.9 Å². The van der Waals surface area contributed by atoms with Gasteiger partial charge in [-0.2, -0.15) is 0 Å². The molecule has 0 saturated carbocycles. The summed E-state index contributed by atoms with van der Waals surface area (Å²) in [5, 5.41) is 0. The third kappa shape index (κ3) is 82.4. The number of esters is 2. The molecule has 0 aromatic carbocycles. The monoisotopic (exact) mass is 1390 g/mol. The van der Waals surface area contributed by atoms with Gasteiger partial charge in [-0.1, -0.05) is 421 Å². The van der Waals surface area contributed by atoms with Gasteiger partial charge in [0.05, 0.1) is 27.7 Å². The average molecular weight is 1400 g/mol. The van der Waals surface area contributed by atoms with Crippen LogP contribution in [0.15, 0.2) is 72.9 Å². The van der Waals surface area contributed by atoms with E-state index in [0.29, 0.717) is 17.4 Å². The van der Waals surface area contributed by atoms with Crippen molar-refractivity contribution in [1.82, 2.24) is 0 Å². The second kappa shape index (κ2) is 78.6. The van der Waals surface area contributed by atoms with E-state index < -0.39 is 26.5 Å². The van der Waals surface area contributed by atoms with Gasteiger partial charge in [-0.05, 0) is 64.2 Å². The quantitative estimate of drug-likeness (QED) is 0.0195. The van der Waals surface area contributed by atoms with Gasteiger partial charge in [0.15, 0.2) is 6.10 Å². The Hall–Kier alpha value is -2.55. The van der Waals surface area contributed by atoms with Crippen LogP contribution in [-0.4, -0.2) is 70.0 Å². The zero-order valence-electron chi connectivity index (χ0n) is 65.7. The maximum absolute atomic E-state index is 12.9. The molecule has 0 amide bonds. The molecule has 0 heterocycles. The molecule has 0 N–H and O–H groups in total. The van der Waals surface area contributed by atoms with Gasteiger partial charge in [0.1, 0.15) is 19.8 Å². The van der Waals surface area contributed by atoms with E-state index in [1.54, 1.807) is 0 Å². The molecular weight excluding hydrogens is 1230 g/mol. The summed E-state index contributed by atoms with van der Waals surface area (Å²) in [5.74, 6) is -0.809. The number of allylic oxidation sites excluding steroid dienone is 12. The lowest BCUT2D eigenvalue weighted by molar-refractivity contribution is -0.870. The number of hydrogen-bond donors (Lipinski definition) is 0. The predicted molar refractivity (Wildman–Crippen MR) is 425 cm³/mol. The summed E-state index contributed by atoms with van der Waals surface area (Å²) in [6, 6.07) is 0. The van der Waals surface area contributed by atoms with Crippen LogP contribution in [0.5, 0.6) is 0 Å². The molecule has 2 atom stereocenters. The number of phosphoric ester groups is 1. The maximum Gasteiger partial charge on any atom is 0.306 e. The van der Waals surface area contributed by atoms with Crippen molar-refractivity contribution in [3.63, 3.8) is 0 Å². The van der Waals surface area contributed by atoms with Crippen LogP contribution in [0.25, 0.3) is 0 Å². The molecule has 0 bridgehead atoms. The SMILES string of the molecule is CC/C=C\C/C=C\C/C=C\C/C=C\C/C=C\C/C=C\CCCCCCCCCCCCCCCCCCCCCCC(=O)OC(COC(=O)CCCCCCCCCCCCCCCCCCCCCCCCCCCCCCCCCCCCC)COP(=O)([O-])OCC[N+](C)(C)C. The van der Waals surface area contributed by atoms with Gasteiger partial charge in [-0.25, -0.2) is 0 Å². The smallest absolute Gasteiger partial charge is 0.306 e. The van der Waals surface area contributed by atoms with Crippen molar-refractivity contribution >= 4 is 19.8 Å². The van der Waals surface area contributed by atoms with E-state index in [2.05, 4.69) is 86.8 Å². The Morgan fingerprint density at radius 2 is 0.582 bits per heavy atom. The van der Waals surface area contributed by atoms with Crippen LogP contribution in [-0.2, 0) is 32.7 Å². The number of nitrogens with zero attached hydrogens (tertiary/aromatic N) is 1. The van der Waals surface area contributed by atoms with Gasteiger partial charge in [0.25, 0.3) is 7.82 Å². The molecule has 0 saturated heterocycles. The molecule has 0 radical (unpaired) electrons. The first kappa shape index (κ1) is 95.5. The molecule has 574 valence electrons. The molecule has 9 nitrogen and oxygen atoms in total. The number of hydrogen-bond acceptors (Lipinski definition) is 8. The largest absolute Gasteiger partial charge is 0.756 e. The fourth-order valence-electron chi connectivity index (χ4n) is 12.8. The number of carbonyl (C=O) groups excluding carboxylic acids is 2. The zero-order chi connectivity index (χ0) is 71.1. The summed E-state index contributed by atoms with van der Waals surface area (Å²) in [6.07, 6.45) is 108. The number of unbranched alkanes of at least 4 members (excludes halogenated alkanes) is 54. The van der Waals surface area contributed by atoms with Gasteiger partial charge in [0, 0.05) is 12.8 Å². The molecule has 98 heavy (non-hydrogen) atoms. The Labute approximate surface area is 609 Å². The number of carbonyl (C=O) groups is 2. The molecule has 0 fully saturated rings. The summed E-state index contributed by atoms with van der Waals surface area (Å²) >= 11 is 0. The first-order chi connectivity index (χ1) is 48.0. The van der Waals surface area contributed by atoms with Crippen LogP contribution < -0.4 is 4.89 Å². The highest BCUT2D eigenvalue weighted by atomic mass is 31.2. The van der Waals surface area contributed by atoms with Crippen LogP contribution in [0.1, 0.15) is 425 Å². The Balaban J connectivity index is 3.89. The van der Waals surface area contributed by atoms with Crippen molar-refractivity contribution in [3.05, 3.63) is 72.9 Å². The third-order valence-corrected chi connectivity index (χ3v) is 20.2. The average Bonchev–Trinajstić information content (AvgIpc) is 1.23. The topological polar surface area (TPSA) is 111 Å². The number of phosphoric acid groups is 1. The summed E-state index contributed by atoms with van der Waals surface area (Å²) in [5.41, 5.74) is 0. The highest BCUT2D eigenvalue weighted by Crippen LogP contribution is 2.38. The summed E-state index contributed by atoms with van der Waals surface area (Å²) in [6.45, 7) is 4.20. The minimum atomic E-state index is -4.65. The fraction of sp³-hybridized carbons (Fsp3) is 0.841. The fourth-order valence-corrected chi connectivity index (χ4v) is 13.5. The standard InChI is InChI=1S/C88H164NO8P/c1-6-8-10-12-14-16-18-20-22-24-26-28-30-32-34-36-38-40-42-43-44-45-47-49-51-53-55-57-59-61-63-65-67-69-71-73-75-77-79-81-88(91)97-86(85-96-98(92,93)95-83-82-89(3,4)5)84-94-87(90)80-78-76-74-72-70-68-66-64-62-60-58-56-54-52-50-48-46-41-39-37-35-33-31-29-27-25-23-21-19-17-15-13-11-9-7-2/h8,10,14,16,20,22,26,28,32,34,38,40,86H,6-7,9,11-13,15,17-19,21,23-25,27,29-31,33,35-37,39,41-85H2,1-5H3/b10-8-,16-14-,22-20-,28-26-,34-32-,40-38-. The summed E-state index contributed by atoms with van der Waals surface area (Å²) in [4.78, 5) is 38.2. The van der Waals surface area contributed by atoms with Gasteiger partial charge in [-0.3, -0.25) is 14.2 Å². The highest BCUT2D eigenvalue weighted by molar-refractivity contribution is 7.45. The number of rotatable bonds is 80. The first-order valence-corrected chi connectivity index (χ1v) is 44.1. The van der Waals surface area contributed by atoms with Crippen LogP contribution >= 0.6 is 7.82 Å². The van der Waals surface area contributed by atoms with E-state index in [-0.39, 0.29) is 32.0 Å². The Morgan fingerprint density at radius 3 is 0.867 bits per heavy atom. The Bertz CT molecular complexity index is 1890. The molecule has 10 heteroatoms. The van der Waals surface area contributed by atoms with E-state index in [9.17, 15) is 19.0 Å². The summed E-state index contributed by atoms with van der Waals surface area (Å²) in [7, 11) is 1.19. The lowest BCUT2D eigenvalue weighted by Gasteiger charge is -2.28. The van der Waals surface area contributed by atoms with E-state index >= 15 is 0 Å². The number of ether oxygens (including phenoxy) is 2. The van der Waals surface area contributed by atoms with Crippen LogP contribution in [0.4, 0.5) is 0 Å². The molecule has 0 aromatic heterocycles. The highest BCUT2D eigenvalue weighted by Gasteiger charge is 2.22. The number of quaternary nitrogens is 1. The Morgan fingerprint density at radius 1 is 0.327 bits per heavy atom. The molecule has 2 unspecified atom stereocenters. The zero-order valence-corrected chi connectivity index (χ0v) is 66.6. The van der Waals surface area contributed by atoms with Crippen molar-refractivity contribution in [2.75, 3.05) is 47.5 Å². The van der Waals surface area contributed by atoms with E-state index in [4.69, 9.17) is 18.5 Å². The lowest BCUT2D eigenvalue weighted by Crippen LogP contribution is -2.37. The van der Waals surface area contributed by atoms with Crippen molar-refractivity contribution in [3.8, 4) is 0 Å². The van der Waals surface area contributed by atoms with Crippen molar-refractivity contribution in [2.45, 2.75) is 431 Å². The second-order valence-corrected chi connectivity index (χ2v) is 31.6.